The number of benzene rings is 1. The molecule has 0 N–H and O–H groups in total. The third-order valence-electron chi connectivity index (χ3n) is 3.12. The molecule has 0 radical (unpaired) electrons. The van der Waals surface area contributed by atoms with Gasteiger partial charge in [0.2, 0.25) is 0 Å². The van der Waals surface area contributed by atoms with Crippen molar-refractivity contribution in [3.63, 3.8) is 0 Å². The molecule has 98 valence electrons. The molecule has 0 aliphatic carbocycles. The molecule has 1 fully saturated rings. The van der Waals surface area contributed by atoms with Crippen LogP contribution in [-0.4, -0.2) is 36.4 Å². The fraction of sp³-hybridized carbons (Fsp3) is 0.462. The smallest absolute Gasteiger partial charge is 0.255 e. The van der Waals surface area contributed by atoms with Crippen molar-refractivity contribution in [2.45, 2.75) is 18.2 Å². The number of hydrogen-bond donors (Lipinski definition) is 0. The molecule has 5 heteroatoms. The highest BCUT2D eigenvalue weighted by atomic mass is 79.9. The maximum absolute atomic E-state index is 12.4. The van der Waals surface area contributed by atoms with Crippen LogP contribution in [0.3, 0.4) is 0 Å². The van der Waals surface area contributed by atoms with Crippen LogP contribution in [0.5, 0.6) is 5.75 Å². The lowest BCUT2D eigenvalue weighted by Gasteiger charge is -2.29. The van der Waals surface area contributed by atoms with E-state index in [-0.39, 0.29) is 11.3 Å². The summed E-state index contributed by atoms with van der Waals surface area (Å²) in [7, 11) is 1.59. The van der Waals surface area contributed by atoms with E-state index in [1.807, 2.05) is 17.0 Å². The van der Waals surface area contributed by atoms with Crippen LogP contribution in [0.15, 0.2) is 22.7 Å². The minimum Gasteiger partial charge on any atom is -0.497 e. The number of hydrogen-bond acceptors (Lipinski definition) is 2. The number of likely N-dealkylation sites (tertiary alicyclic amines) is 1. The van der Waals surface area contributed by atoms with E-state index in [0.29, 0.717) is 11.3 Å². The number of ether oxygens (including phenoxy) is 1. The van der Waals surface area contributed by atoms with Crippen molar-refractivity contribution in [1.29, 1.82) is 0 Å². The van der Waals surface area contributed by atoms with E-state index in [9.17, 15) is 4.79 Å². The Balaban J connectivity index is 2.17. The van der Waals surface area contributed by atoms with Gasteiger partial charge in [0, 0.05) is 22.9 Å². The Labute approximate surface area is 120 Å². The van der Waals surface area contributed by atoms with Crippen LogP contribution in [0, 0.1) is 0 Å². The maximum Gasteiger partial charge on any atom is 0.255 e. The lowest BCUT2D eigenvalue weighted by Crippen LogP contribution is -2.38. The number of rotatable bonds is 2. The molecule has 2 rings (SSSR count). The first-order chi connectivity index (χ1) is 8.61. The van der Waals surface area contributed by atoms with E-state index in [0.717, 1.165) is 30.4 Å². The van der Waals surface area contributed by atoms with Crippen LogP contribution in [0.4, 0.5) is 0 Å². The van der Waals surface area contributed by atoms with Crippen molar-refractivity contribution in [3.8, 4) is 5.75 Å². The van der Waals surface area contributed by atoms with Crippen molar-refractivity contribution in [2.24, 2.45) is 0 Å². The fourth-order valence-corrected chi connectivity index (χ4v) is 2.63. The van der Waals surface area contributed by atoms with E-state index < -0.39 is 0 Å². The van der Waals surface area contributed by atoms with Gasteiger partial charge in [0.25, 0.3) is 5.91 Å². The molecule has 0 spiro atoms. The van der Waals surface area contributed by atoms with Gasteiger partial charge < -0.3 is 9.64 Å². The van der Waals surface area contributed by atoms with Crippen molar-refractivity contribution < 1.29 is 9.53 Å². The topological polar surface area (TPSA) is 29.5 Å². The Morgan fingerprint density at radius 3 is 2.72 bits per heavy atom. The Bertz CT molecular complexity index is 445. The minimum absolute atomic E-state index is 0.0318. The summed E-state index contributed by atoms with van der Waals surface area (Å²) < 4.78 is 5.94. The summed E-state index contributed by atoms with van der Waals surface area (Å²) in [5, 5.41) is 0.197. The van der Waals surface area contributed by atoms with Crippen molar-refractivity contribution >= 4 is 33.4 Å². The Morgan fingerprint density at radius 1 is 1.44 bits per heavy atom. The van der Waals surface area contributed by atoms with E-state index in [1.165, 1.54) is 0 Å². The number of carbonyl (C=O) groups excluding carboxylic acids is 1. The summed E-state index contributed by atoms with van der Waals surface area (Å²) in [6, 6.07) is 5.42. The number of piperidine rings is 1. The molecule has 1 aliphatic rings. The Kier molecular flexibility index (Phi) is 4.51. The number of alkyl halides is 1. The molecule has 0 atom stereocenters. The second kappa shape index (κ2) is 5.93. The number of nitrogens with zero attached hydrogens (tertiary/aromatic N) is 1. The summed E-state index contributed by atoms with van der Waals surface area (Å²) in [5.41, 5.74) is 0.641. The second-order valence-electron chi connectivity index (χ2n) is 4.31. The molecule has 1 aromatic carbocycles. The van der Waals surface area contributed by atoms with Gasteiger partial charge in [0.1, 0.15) is 5.75 Å². The highest BCUT2D eigenvalue weighted by molar-refractivity contribution is 9.10. The van der Waals surface area contributed by atoms with Crippen molar-refractivity contribution in [2.75, 3.05) is 20.2 Å². The third kappa shape index (κ3) is 2.98. The third-order valence-corrected chi connectivity index (χ3v) is 4.24. The van der Waals surface area contributed by atoms with Crippen LogP contribution in [0.2, 0.25) is 0 Å². The quantitative estimate of drug-likeness (QED) is 0.778. The monoisotopic (exact) mass is 331 g/mol. The fourth-order valence-electron chi connectivity index (χ4n) is 2.02. The first kappa shape index (κ1) is 13.7. The molecule has 0 bridgehead atoms. The molecule has 0 saturated carbocycles. The van der Waals surface area contributed by atoms with Gasteiger partial charge in [-0.3, -0.25) is 4.79 Å². The van der Waals surface area contributed by atoms with E-state index >= 15 is 0 Å². The Morgan fingerprint density at radius 2 is 2.11 bits per heavy atom. The summed E-state index contributed by atoms with van der Waals surface area (Å²) >= 11 is 9.45. The molecule has 1 saturated heterocycles. The first-order valence-corrected chi connectivity index (χ1v) is 7.11. The average molecular weight is 333 g/mol. The molecule has 0 aromatic heterocycles. The summed E-state index contributed by atoms with van der Waals surface area (Å²) in [4.78, 5) is 14.2. The molecular weight excluding hydrogens is 318 g/mol. The number of carbonyl (C=O) groups is 1. The van der Waals surface area contributed by atoms with E-state index in [2.05, 4.69) is 15.9 Å². The Hall–Kier alpha value is -0.740. The zero-order chi connectivity index (χ0) is 13.1. The molecule has 1 aromatic rings. The predicted molar refractivity (Wildman–Crippen MR) is 75.5 cm³/mol. The molecular formula is C13H15BrClNO2. The standard InChI is InChI=1S/C13H15BrClNO2/c1-18-10-2-3-12(14)11(8-10)13(17)16-6-4-9(15)5-7-16/h2-3,8-9H,4-7H2,1H3. The van der Waals surface area contributed by atoms with Gasteiger partial charge in [-0.1, -0.05) is 0 Å². The first-order valence-electron chi connectivity index (χ1n) is 5.88. The normalized spacial score (nSPS) is 16.7. The predicted octanol–water partition coefficient (Wildman–Crippen LogP) is 3.30. The van der Waals surface area contributed by atoms with E-state index in [1.54, 1.807) is 13.2 Å². The molecule has 1 heterocycles. The van der Waals surface area contributed by atoms with Crippen LogP contribution in [-0.2, 0) is 0 Å². The summed E-state index contributed by atoms with van der Waals surface area (Å²) in [6.45, 7) is 1.44. The highest BCUT2D eigenvalue weighted by Gasteiger charge is 2.23. The van der Waals surface area contributed by atoms with Gasteiger partial charge in [-0.05, 0) is 47.0 Å². The molecule has 3 nitrogen and oxygen atoms in total. The number of methoxy groups -OCH3 is 1. The summed E-state index contributed by atoms with van der Waals surface area (Å²) in [6.07, 6.45) is 1.71. The number of amides is 1. The largest absolute Gasteiger partial charge is 0.497 e. The minimum atomic E-state index is 0.0318. The zero-order valence-electron chi connectivity index (χ0n) is 10.2. The van der Waals surface area contributed by atoms with Gasteiger partial charge in [-0.25, -0.2) is 0 Å². The van der Waals surface area contributed by atoms with Crippen LogP contribution < -0.4 is 4.74 Å². The number of halogens is 2. The van der Waals surface area contributed by atoms with Crippen LogP contribution in [0.1, 0.15) is 23.2 Å². The zero-order valence-corrected chi connectivity index (χ0v) is 12.5. The molecule has 0 unspecified atom stereocenters. The van der Waals surface area contributed by atoms with Gasteiger partial charge in [0.15, 0.2) is 0 Å². The average Bonchev–Trinajstić information content (AvgIpc) is 2.39. The van der Waals surface area contributed by atoms with Crippen molar-refractivity contribution in [3.05, 3.63) is 28.2 Å². The second-order valence-corrected chi connectivity index (χ2v) is 5.78. The highest BCUT2D eigenvalue weighted by Crippen LogP contribution is 2.25. The van der Waals surface area contributed by atoms with Gasteiger partial charge in [0.05, 0.1) is 12.7 Å². The molecule has 1 amide bonds. The molecule has 1 aliphatic heterocycles. The lowest BCUT2D eigenvalue weighted by atomic mass is 10.1. The SMILES string of the molecule is COc1ccc(Br)c(C(=O)N2CCC(Cl)CC2)c1. The van der Waals surface area contributed by atoms with E-state index in [4.69, 9.17) is 16.3 Å². The molecule has 18 heavy (non-hydrogen) atoms. The van der Waals surface area contributed by atoms with Crippen molar-refractivity contribution in [1.82, 2.24) is 4.90 Å². The van der Waals surface area contributed by atoms with Crippen LogP contribution in [0.25, 0.3) is 0 Å². The van der Waals surface area contributed by atoms with Gasteiger partial charge >= 0.3 is 0 Å². The van der Waals surface area contributed by atoms with Gasteiger partial charge in [-0.15, -0.1) is 11.6 Å². The van der Waals surface area contributed by atoms with Gasteiger partial charge in [-0.2, -0.15) is 0 Å². The lowest BCUT2D eigenvalue weighted by molar-refractivity contribution is 0.0725. The maximum atomic E-state index is 12.4. The summed E-state index contributed by atoms with van der Waals surface area (Å²) in [5.74, 6) is 0.720. The van der Waals surface area contributed by atoms with Crippen LogP contribution >= 0.6 is 27.5 Å².